The highest BCUT2D eigenvalue weighted by molar-refractivity contribution is 7.81. The van der Waals surface area contributed by atoms with Gasteiger partial charge in [0.25, 0.3) is 0 Å². The van der Waals surface area contributed by atoms with Crippen molar-refractivity contribution in [2.75, 3.05) is 5.75 Å². The summed E-state index contributed by atoms with van der Waals surface area (Å²) in [6, 6.07) is 6.78. The summed E-state index contributed by atoms with van der Waals surface area (Å²) >= 11 is 4.04. The van der Waals surface area contributed by atoms with Gasteiger partial charge in [0.1, 0.15) is 0 Å². The van der Waals surface area contributed by atoms with E-state index >= 15 is 0 Å². The van der Waals surface area contributed by atoms with Crippen LogP contribution in [0.1, 0.15) is 56.3 Å². The summed E-state index contributed by atoms with van der Waals surface area (Å²) in [4.78, 5) is 11.6. The predicted octanol–water partition coefficient (Wildman–Crippen LogP) is 3.00. The minimum Gasteiger partial charge on any atom is -0.349 e. The molecule has 2 rings (SSSR count). The molecule has 0 bridgehead atoms. The van der Waals surface area contributed by atoms with Crippen molar-refractivity contribution in [3.8, 4) is 0 Å². The maximum absolute atomic E-state index is 11.6. The molecule has 4 heteroatoms. The Morgan fingerprint density at radius 2 is 2.14 bits per heavy atom. The number of hydrogen-bond acceptors (Lipinski definition) is 3. The van der Waals surface area contributed by atoms with Gasteiger partial charge in [-0.1, -0.05) is 18.2 Å². The minimum absolute atomic E-state index is 0.00894. The lowest BCUT2D eigenvalue weighted by Gasteiger charge is -2.27. The van der Waals surface area contributed by atoms with Crippen LogP contribution in [0.4, 0.5) is 0 Å². The number of fused-ring (bicyclic) bond motifs is 1. The van der Waals surface area contributed by atoms with Crippen molar-refractivity contribution in [2.45, 2.75) is 58.2 Å². The van der Waals surface area contributed by atoms with E-state index in [9.17, 15) is 4.79 Å². The van der Waals surface area contributed by atoms with Crippen molar-refractivity contribution in [3.05, 3.63) is 34.9 Å². The normalized spacial score (nSPS) is 18.2. The molecule has 1 aliphatic carbocycles. The number of thiol groups is 1. The Balaban J connectivity index is 2.11. The van der Waals surface area contributed by atoms with Crippen LogP contribution < -0.4 is 10.6 Å². The van der Waals surface area contributed by atoms with Gasteiger partial charge < -0.3 is 10.6 Å². The molecule has 1 aliphatic rings. The van der Waals surface area contributed by atoms with E-state index in [-0.39, 0.29) is 23.2 Å². The SMILES string of the molecule is CC(C)(C)NCc1ccc2c(c1)CCC[C@H]2NC(=O)CS. The van der Waals surface area contributed by atoms with E-state index in [0.717, 1.165) is 25.8 Å². The zero-order valence-corrected chi connectivity index (χ0v) is 14.1. The van der Waals surface area contributed by atoms with Crippen LogP contribution in [-0.4, -0.2) is 17.2 Å². The summed E-state index contributed by atoms with van der Waals surface area (Å²) in [5.74, 6) is 0.258. The van der Waals surface area contributed by atoms with Gasteiger partial charge in [-0.15, -0.1) is 0 Å². The monoisotopic (exact) mass is 306 g/mol. The van der Waals surface area contributed by atoms with Gasteiger partial charge >= 0.3 is 0 Å². The molecule has 1 aromatic rings. The van der Waals surface area contributed by atoms with Crippen LogP contribution in [0, 0.1) is 0 Å². The zero-order chi connectivity index (χ0) is 15.5. The Morgan fingerprint density at radius 1 is 1.38 bits per heavy atom. The smallest absolute Gasteiger partial charge is 0.230 e. The fraction of sp³-hybridized carbons (Fsp3) is 0.588. The number of aryl methyl sites for hydroxylation is 1. The third kappa shape index (κ3) is 4.75. The summed E-state index contributed by atoms with van der Waals surface area (Å²) in [5.41, 5.74) is 4.08. The largest absolute Gasteiger partial charge is 0.349 e. The molecule has 0 heterocycles. The van der Waals surface area contributed by atoms with Gasteiger partial charge in [-0.25, -0.2) is 0 Å². The van der Waals surface area contributed by atoms with Crippen LogP contribution in [0.3, 0.4) is 0 Å². The maximum atomic E-state index is 11.6. The highest BCUT2D eigenvalue weighted by Crippen LogP contribution is 2.30. The molecule has 1 atom stereocenters. The Morgan fingerprint density at radius 3 is 2.81 bits per heavy atom. The van der Waals surface area contributed by atoms with Crippen LogP contribution in [-0.2, 0) is 17.8 Å². The van der Waals surface area contributed by atoms with Crippen LogP contribution in [0.5, 0.6) is 0 Å². The van der Waals surface area contributed by atoms with E-state index in [1.54, 1.807) is 0 Å². The average Bonchev–Trinajstić information content (AvgIpc) is 2.44. The molecule has 0 aromatic heterocycles. The number of hydrogen-bond donors (Lipinski definition) is 3. The first-order valence-electron chi connectivity index (χ1n) is 7.66. The molecule has 0 saturated heterocycles. The second-order valence-corrected chi connectivity index (χ2v) is 7.12. The molecule has 0 radical (unpaired) electrons. The van der Waals surface area contributed by atoms with E-state index in [4.69, 9.17) is 0 Å². The van der Waals surface area contributed by atoms with E-state index in [1.165, 1.54) is 16.7 Å². The first kappa shape index (κ1) is 16.4. The summed E-state index contributed by atoms with van der Waals surface area (Å²) in [6.07, 6.45) is 3.25. The Labute approximate surface area is 133 Å². The lowest BCUT2D eigenvalue weighted by atomic mass is 9.86. The molecule has 0 unspecified atom stereocenters. The van der Waals surface area contributed by atoms with E-state index in [1.807, 2.05) is 0 Å². The molecule has 21 heavy (non-hydrogen) atoms. The standard InChI is InChI=1S/C17H26N2OS/c1-17(2,3)18-10-12-7-8-14-13(9-12)5-4-6-15(14)19-16(20)11-21/h7-9,15,18,21H,4-6,10-11H2,1-3H3,(H,19,20)/t15-/m1/s1. The molecule has 0 fully saturated rings. The number of carbonyl (C=O) groups is 1. The number of amides is 1. The Hall–Kier alpha value is -1.000. The van der Waals surface area contributed by atoms with Crippen molar-refractivity contribution in [1.82, 2.24) is 10.6 Å². The zero-order valence-electron chi connectivity index (χ0n) is 13.2. The number of benzene rings is 1. The summed E-state index contributed by atoms with van der Waals surface area (Å²) in [7, 11) is 0. The van der Waals surface area contributed by atoms with Crippen molar-refractivity contribution in [3.63, 3.8) is 0 Å². The summed E-state index contributed by atoms with van der Waals surface area (Å²) in [6.45, 7) is 7.40. The third-order valence-electron chi connectivity index (χ3n) is 3.82. The van der Waals surface area contributed by atoms with Crippen LogP contribution >= 0.6 is 12.6 Å². The topological polar surface area (TPSA) is 41.1 Å². The molecule has 1 amide bonds. The lowest BCUT2D eigenvalue weighted by molar-refractivity contribution is -0.119. The first-order valence-corrected chi connectivity index (χ1v) is 8.29. The fourth-order valence-corrected chi connectivity index (χ4v) is 2.83. The van der Waals surface area contributed by atoms with Gasteiger partial charge in [-0.05, 0) is 56.7 Å². The lowest BCUT2D eigenvalue weighted by Crippen LogP contribution is -2.35. The van der Waals surface area contributed by atoms with Crippen molar-refractivity contribution >= 4 is 18.5 Å². The third-order valence-corrected chi connectivity index (χ3v) is 4.11. The maximum Gasteiger partial charge on any atom is 0.230 e. The van der Waals surface area contributed by atoms with Gasteiger partial charge in [-0.3, -0.25) is 4.79 Å². The van der Waals surface area contributed by atoms with Crippen LogP contribution in [0.25, 0.3) is 0 Å². The minimum atomic E-state index is 0.00894. The second-order valence-electron chi connectivity index (χ2n) is 6.81. The summed E-state index contributed by atoms with van der Waals surface area (Å²) in [5, 5.41) is 6.59. The molecule has 2 N–H and O–H groups in total. The van der Waals surface area contributed by atoms with E-state index < -0.39 is 0 Å². The number of rotatable bonds is 4. The Bertz CT molecular complexity index is 508. The summed E-state index contributed by atoms with van der Waals surface area (Å²) < 4.78 is 0. The van der Waals surface area contributed by atoms with Crippen LogP contribution in [0.15, 0.2) is 18.2 Å². The highest BCUT2D eigenvalue weighted by Gasteiger charge is 2.21. The molecular weight excluding hydrogens is 280 g/mol. The van der Waals surface area contributed by atoms with Crippen molar-refractivity contribution in [2.24, 2.45) is 0 Å². The van der Waals surface area contributed by atoms with Gasteiger partial charge in [-0.2, -0.15) is 12.6 Å². The second kappa shape index (κ2) is 6.84. The quantitative estimate of drug-likeness (QED) is 0.749. The van der Waals surface area contributed by atoms with Gasteiger partial charge in [0.15, 0.2) is 0 Å². The first-order chi connectivity index (χ1) is 9.89. The van der Waals surface area contributed by atoms with Gasteiger partial charge in [0.2, 0.25) is 5.91 Å². The predicted molar refractivity (Wildman–Crippen MR) is 90.7 cm³/mol. The molecule has 116 valence electrons. The number of nitrogens with one attached hydrogen (secondary N) is 2. The van der Waals surface area contributed by atoms with E-state index in [2.05, 4.69) is 62.2 Å². The van der Waals surface area contributed by atoms with E-state index in [0.29, 0.717) is 0 Å². The molecule has 1 aromatic carbocycles. The molecule has 0 aliphatic heterocycles. The van der Waals surface area contributed by atoms with Crippen LogP contribution in [0.2, 0.25) is 0 Å². The fourth-order valence-electron chi connectivity index (χ4n) is 2.73. The van der Waals surface area contributed by atoms with Crippen molar-refractivity contribution < 1.29 is 4.79 Å². The Kier molecular flexibility index (Phi) is 5.33. The average molecular weight is 306 g/mol. The molecular formula is C17H26N2OS. The number of carbonyl (C=O) groups excluding carboxylic acids is 1. The van der Waals surface area contributed by atoms with Crippen molar-refractivity contribution in [1.29, 1.82) is 0 Å². The highest BCUT2D eigenvalue weighted by atomic mass is 32.1. The van der Waals surface area contributed by atoms with Gasteiger partial charge in [0.05, 0.1) is 11.8 Å². The molecule has 0 saturated carbocycles. The molecule has 0 spiro atoms. The molecule has 3 nitrogen and oxygen atoms in total. The van der Waals surface area contributed by atoms with Gasteiger partial charge in [0, 0.05) is 12.1 Å².